The topological polar surface area (TPSA) is 92.2 Å². The fraction of sp³-hybridized carbons (Fsp3) is 0.381. The predicted molar refractivity (Wildman–Crippen MR) is 103 cm³/mol. The minimum Gasteiger partial charge on any atom is -0.491 e. The molecule has 1 aromatic heterocycles. The highest BCUT2D eigenvalue weighted by molar-refractivity contribution is 5.75. The van der Waals surface area contributed by atoms with Crippen molar-refractivity contribution >= 4 is 5.97 Å². The number of benzene rings is 1. The van der Waals surface area contributed by atoms with Crippen LogP contribution in [0.15, 0.2) is 29.1 Å². The van der Waals surface area contributed by atoms with Crippen molar-refractivity contribution in [2.24, 2.45) is 0 Å². The van der Waals surface area contributed by atoms with Gasteiger partial charge >= 0.3 is 5.97 Å². The van der Waals surface area contributed by atoms with Gasteiger partial charge in [0, 0.05) is 29.7 Å². The number of carbonyl (C=O) groups excluding carboxylic acids is 1. The first-order chi connectivity index (χ1) is 12.5. The fourth-order valence-electron chi connectivity index (χ4n) is 2.59. The number of pyridine rings is 1. The molecule has 0 aliphatic carbocycles. The van der Waals surface area contributed by atoms with E-state index in [1.165, 1.54) is 6.92 Å². The van der Waals surface area contributed by atoms with Crippen molar-refractivity contribution in [1.29, 1.82) is 5.26 Å². The second-order valence-corrected chi connectivity index (χ2v) is 7.62. The second kappa shape index (κ2) is 7.67. The fourth-order valence-corrected chi connectivity index (χ4v) is 2.59. The van der Waals surface area contributed by atoms with Crippen LogP contribution in [0.25, 0.3) is 11.1 Å². The second-order valence-electron chi connectivity index (χ2n) is 7.62. The van der Waals surface area contributed by atoms with E-state index in [1.54, 1.807) is 24.3 Å². The van der Waals surface area contributed by atoms with Gasteiger partial charge in [-0.15, -0.1) is 0 Å². The van der Waals surface area contributed by atoms with E-state index < -0.39 is 11.5 Å². The number of carbonyl (C=O) groups is 1. The van der Waals surface area contributed by atoms with Crippen molar-refractivity contribution in [3.8, 4) is 28.7 Å². The van der Waals surface area contributed by atoms with Gasteiger partial charge in [0.1, 0.15) is 23.1 Å². The van der Waals surface area contributed by atoms with Gasteiger partial charge < -0.3 is 14.5 Å². The van der Waals surface area contributed by atoms with Gasteiger partial charge in [-0.25, -0.2) is 0 Å². The summed E-state index contributed by atoms with van der Waals surface area (Å²) in [6, 6.07) is 8.71. The largest absolute Gasteiger partial charge is 0.491 e. The maximum atomic E-state index is 12.4. The first kappa shape index (κ1) is 20.2. The van der Waals surface area contributed by atoms with Crippen LogP contribution in [0.5, 0.6) is 11.5 Å². The van der Waals surface area contributed by atoms with Crippen LogP contribution in [-0.4, -0.2) is 17.1 Å². The molecule has 142 valence electrons. The Bertz CT molecular complexity index is 960. The Morgan fingerprint density at radius 3 is 2.30 bits per heavy atom. The lowest BCUT2D eigenvalue weighted by Gasteiger charge is -2.20. The number of nitriles is 1. The van der Waals surface area contributed by atoms with Gasteiger partial charge in [-0.3, -0.25) is 9.59 Å². The van der Waals surface area contributed by atoms with Gasteiger partial charge in [-0.2, -0.15) is 5.26 Å². The molecule has 6 nitrogen and oxygen atoms in total. The van der Waals surface area contributed by atoms with Crippen molar-refractivity contribution in [3.05, 3.63) is 45.9 Å². The van der Waals surface area contributed by atoms with E-state index in [2.05, 4.69) is 4.98 Å². The summed E-state index contributed by atoms with van der Waals surface area (Å²) in [5.41, 5.74) is 0.965. The SMILES string of the molecule is CC(=O)Oc1cc(OC(C)C)cc(-c2cc(C(C)(C)C)[nH]c(=O)c2C#N)c1. The molecule has 0 bridgehead atoms. The smallest absolute Gasteiger partial charge is 0.308 e. The van der Waals surface area contributed by atoms with Crippen molar-refractivity contribution in [1.82, 2.24) is 4.98 Å². The number of aromatic nitrogens is 1. The van der Waals surface area contributed by atoms with E-state index in [0.29, 0.717) is 22.6 Å². The number of esters is 1. The molecule has 0 fully saturated rings. The first-order valence-corrected chi connectivity index (χ1v) is 8.69. The van der Waals surface area contributed by atoms with E-state index in [1.807, 2.05) is 40.7 Å². The number of nitrogens with zero attached hydrogens (tertiary/aromatic N) is 1. The minimum atomic E-state index is -0.468. The zero-order chi connectivity index (χ0) is 20.4. The van der Waals surface area contributed by atoms with E-state index in [9.17, 15) is 14.9 Å². The highest BCUT2D eigenvalue weighted by Gasteiger charge is 2.20. The zero-order valence-corrected chi connectivity index (χ0v) is 16.5. The Morgan fingerprint density at radius 2 is 1.78 bits per heavy atom. The van der Waals surface area contributed by atoms with Crippen LogP contribution in [0.1, 0.15) is 52.8 Å². The van der Waals surface area contributed by atoms with Gasteiger partial charge in [-0.1, -0.05) is 20.8 Å². The highest BCUT2D eigenvalue weighted by atomic mass is 16.5. The monoisotopic (exact) mass is 368 g/mol. The molecule has 0 amide bonds. The van der Waals surface area contributed by atoms with Gasteiger partial charge in [0.2, 0.25) is 0 Å². The summed E-state index contributed by atoms with van der Waals surface area (Å²) >= 11 is 0. The van der Waals surface area contributed by atoms with Crippen LogP contribution in [0.4, 0.5) is 0 Å². The maximum Gasteiger partial charge on any atom is 0.308 e. The summed E-state index contributed by atoms with van der Waals surface area (Å²) in [5, 5.41) is 9.50. The molecule has 0 spiro atoms. The zero-order valence-electron chi connectivity index (χ0n) is 16.5. The Hall–Kier alpha value is -3.07. The summed E-state index contributed by atoms with van der Waals surface area (Å²) in [7, 11) is 0. The molecule has 0 atom stereocenters. The number of hydrogen-bond donors (Lipinski definition) is 1. The molecular formula is C21H24N2O4. The molecule has 1 heterocycles. The molecule has 0 radical (unpaired) electrons. The lowest BCUT2D eigenvalue weighted by molar-refractivity contribution is -0.131. The lowest BCUT2D eigenvalue weighted by atomic mass is 9.88. The van der Waals surface area contributed by atoms with Gasteiger partial charge in [0.25, 0.3) is 5.56 Å². The summed E-state index contributed by atoms with van der Waals surface area (Å²) in [4.78, 5) is 26.6. The Balaban J connectivity index is 2.75. The molecule has 1 N–H and O–H groups in total. The molecule has 1 aromatic carbocycles. The Morgan fingerprint density at radius 1 is 1.15 bits per heavy atom. The van der Waals surface area contributed by atoms with Crippen LogP contribution in [0.3, 0.4) is 0 Å². The normalized spacial score (nSPS) is 11.2. The van der Waals surface area contributed by atoms with E-state index in [0.717, 1.165) is 0 Å². The van der Waals surface area contributed by atoms with Gasteiger partial charge in [-0.05, 0) is 37.6 Å². The molecule has 2 aromatic rings. The molecule has 27 heavy (non-hydrogen) atoms. The summed E-state index contributed by atoms with van der Waals surface area (Å²) < 4.78 is 11.0. The van der Waals surface area contributed by atoms with E-state index in [-0.39, 0.29) is 22.8 Å². The highest BCUT2D eigenvalue weighted by Crippen LogP contribution is 2.33. The summed E-state index contributed by atoms with van der Waals surface area (Å²) in [6.45, 7) is 11.0. The molecule has 0 aliphatic heterocycles. The summed E-state index contributed by atoms with van der Waals surface area (Å²) in [5.74, 6) is 0.307. The Labute approximate surface area is 158 Å². The van der Waals surface area contributed by atoms with Crippen LogP contribution >= 0.6 is 0 Å². The Kier molecular flexibility index (Phi) is 5.75. The number of aromatic amines is 1. The lowest BCUT2D eigenvalue weighted by Crippen LogP contribution is -2.22. The molecule has 6 heteroatoms. The predicted octanol–water partition coefficient (Wildman–Crippen LogP) is 3.92. The maximum absolute atomic E-state index is 12.4. The summed E-state index contributed by atoms with van der Waals surface area (Å²) in [6.07, 6.45) is -0.0924. The quantitative estimate of drug-likeness (QED) is 0.652. The number of hydrogen-bond acceptors (Lipinski definition) is 5. The van der Waals surface area contributed by atoms with Gasteiger partial charge in [0.15, 0.2) is 0 Å². The van der Waals surface area contributed by atoms with Crippen molar-refractivity contribution in [2.75, 3.05) is 0 Å². The van der Waals surface area contributed by atoms with Crippen molar-refractivity contribution in [3.63, 3.8) is 0 Å². The molecule has 0 saturated carbocycles. The van der Waals surface area contributed by atoms with E-state index in [4.69, 9.17) is 9.47 Å². The van der Waals surface area contributed by atoms with Crippen molar-refractivity contribution < 1.29 is 14.3 Å². The number of H-pyrrole nitrogens is 1. The molecule has 0 aliphatic rings. The molecule has 0 saturated heterocycles. The standard InChI is InChI=1S/C21H24N2O4/c1-12(2)26-15-7-14(8-16(9-15)27-13(3)24)17-10-19(21(4,5)6)23-20(25)18(17)11-22/h7-10,12H,1-6H3,(H,23,25). The number of rotatable bonds is 4. The van der Waals surface area contributed by atoms with Crippen LogP contribution < -0.4 is 15.0 Å². The van der Waals surface area contributed by atoms with Crippen LogP contribution in [0, 0.1) is 11.3 Å². The molecule has 0 unspecified atom stereocenters. The number of nitrogens with one attached hydrogen (secondary N) is 1. The van der Waals surface area contributed by atoms with Crippen molar-refractivity contribution in [2.45, 2.75) is 53.1 Å². The third-order valence-electron chi connectivity index (χ3n) is 3.78. The first-order valence-electron chi connectivity index (χ1n) is 8.69. The van der Waals surface area contributed by atoms with Gasteiger partial charge in [0.05, 0.1) is 6.10 Å². The molecular weight excluding hydrogens is 344 g/mol. The third kappa shape index (κ3) is 4.98. The van der Waals surface area contributed by atoms with Crippen LogP contribution in [0.2, 0.25) is 0 Å². The number of ether oxygens (including phenoxy) is 2. The average Bonchev–Trinajstić information content (AvgIpc) is 2.51. The molecule has 2 rings (SSSR count). The van der Waals surface area contributed by atoms with E-state index >= 15 is 0 Å². The minimum absolute atomic E-state index is 0.00141. The average molecular weight is 368 g/mol. The third-order valence-corrected chi connectivity index (χ3v) is 3.78. The van der Waals surface area contributed by atoms with Crippen LogP contribution in [-0.2, 0) is 10.2 Å².